The van der Waals surface area contributed by atoms with Gasteiger partial charge < -0.3 is 15.4 Å². The lowest BCUT2D eigenvalue weighted by Gasteiger charge is -2.27. The molecule has 0 atom stereocenters. The van der Waals surface area contributed by atoms with Crippen molar-refractivity contribution in [3.63, 3.8) is 0 Å². The lowest BCUT2D eigenvalue weighted by atomic mass is 9.80. The number of aromatic nitrogens is 2. The maximum Gasteiger partial charge on any atom is 0.223 e. The van der Waals surface area contributed by atoms with Crippen LogP contribution in [-0.2, 0) is 17.8 Å². The van der Waals surface area contributed by atoms with Crippen LogP contribution in [0.15, 0.2) is 42.5 Å². The number of benzene rings is 2. The number of hydrogen-bond acceptors (Lipinski definition) is 3. The maximum absolute atomic E-state index is 13.7. The van der Waals surface area contributed by atoms with Crippen LogP contribution in [0, 0.1) is 17.7 Å². The molecule has 28 heavy (non-hydrogen) atoms. The van der Waals surface area contributed by atoms with Crippen LogP contribution in [0.25, 0.3) is 11.0 Å². The number of amides is 1. The van der Waals surface area contributed by atoms with E-state index in [9.17, 15) is 14.3 Å². The molecule has 146 valence electrons. The van der Waals surface area contributed by atoms with Crippen molar-refractivity contribution in [2.45, 2.75) is 38.6 Å². The van der Waals surface area contributed by atoms with E-state index in [1.807, 2.05) is 6.07 Å². The Morgan fingerprint density at radius 1 is 1.14 bits per heavy atom. The molecule has 0 unspecified atom stereocenters. The van der Waals surface area contributed by atoms with E-state index >= 15 is 0 Å². The molecule has 6 heteroatoms. The largest absolute Gasteiger partial charge is 0.506 e. The number of phenolic OH excluding ortho intramolecular Hbond substituents is 1. The SMILES string of the molecule is O=C(NCc1ccccc1F)C1CCC(Cc2nc3c(O)cccc3[nH]2)CC1. The van der Waals surface area contributed by atoms with Gasteiger partial charge in [-0.2, -0.15) is 0 Å². The molecule has 5 nitrogen and oxygen atoms in total. The highest BCUT2D eigenvalue weighted by atomic mass is 19.1. The highest BCUT2D eigenvalue weighted by Gasteiger charge is 2.27. The minimum absolute atomic E-state index is 0.00959. The fraction of sp³-hybridized carbons (Fsp3) is 0.364. The van der Waals surface area contributed by atoms with Crippen molar-refractivity contribution < 1.29 is 14.3 Å². The topological polar surface area (TPSA) is 78.0 Å². The van der Waals surface area contributed by atoms with Gasteiger partial charge >= 0.3 is 0 Å². The van der Waals surface area contributed by atoms with Gasteiger partial charge in [0, 0.05) is 24.4 Å². The molecule has 4 rings (SSSR count). The van der Waals surface area contributed by atoms with Crippen molar-refractivity contribution in [3.05, 3.63) is 59.7 Å². The molecule has 0 radical (unpaired) electrons. The zero-order valence-electron chi connectivity index (χ0n) is 15.6. The summed E-state index contributed by atoms with van der Waals surface area (Å²) in [6.45, 7) is 0.230. The Morgan fingerprint density at radius 2 is 1.93 bits per heavy atom. The third-order valence-electron chi connectivity index (χ3n) is 5.65. The van der Waals surface area contributed by atoms with Crippen LogP contribution in [0.1, 0.15) is 37.1 Å². The number of rotatable bonds is 5. The van der Waals surface area contributed by atoms with E-state index in [-0.39, 0.29) is 29.9 Å². The highest BCUT2D eigenvalue weighted by Crippen LogP contribution is 2.32. The number of fused-ring (bicyclic) bond motifs is 1. The van der Waals surface area contributed by atoms with E-state index in [0.29, 0.717) is 17.0 Å². The first-order valence-corrected chi connectivity index (χ1v) is 9.78. The molecule has 1 aromatic heterocycles. The van der Waals surface area contributed by atoms with Crippen molar-refractivity contribution in [2.24, 2.45) is 11.8 Å². The second-order valence-corrected chi connectivity index (χ2v) is 7.59. The molecule has 1 saturated carbocycles. The molecule has 1 aliphatic rings. The van der Waals surface area contributed by atoms with E-state index in [4.69, 9.17) is 0 Å². The molecule has 0 bridgehead atoms. The summed E-state index contributed by atoms with van der Waals surface area (Å²) in [5.41, 5.74) is 1.97. The van der Waals surface area contributed by atoms with Crippen LogP contribution in [-0.4, -0.2) is 21.0 Å². The Balaban J connectivity index is 1.28. The summed E-state index contributed by atoms with van der Waals surface area (Å²) in [5.74, 6) is 1.25. The normalized spacial score (nSPS) is 19.6. The van der Waals surface area contributed by atoms with Crippen LogP contribution in [0.3, 0.4) is 0 Å². The highest BCUT2D eigenvalue weighted by molar-refractivity contribution is 5.81. The van der Waals surface area contributed by atoms with Gasteiger partial charge in [0.25, 0.3) is 0 Å². The first kappa shape index (κ1) is 18.5. The van der Waals surface area contributed by atoms with E-state index in [1.165, 1.54) is 6.07 Å². The molecule has 1 fully saturated rings. The summed E-state index contributed by atoms with van der Waals surface area (Å²) in [6, 6.07) is 11.9. The van der Waals surface area contributed by atoms with Gasteiger partial charge in [0.15, 0.2) is 0 Å². The first-order valence-electron chi connectivity index (χ1n) is 9.78. The minimum atomic E-state index is -0.289. The summed E-state index contributed by atoms with van der Waals surface area (Å²) < 4.78 is 13.7. The molecular formula is C22H24FN3O2. The number of nitrogens with zero attached hydrogens (tertiary/aromatic N) is 1. The summed E-state index contributed by atoms with van der Waals surface area (Å²) in [5, 5.41) is 12.8. The Morgan fingerprint density at radius 3 is 2.68 bits per heavy atom. The summed E-state index contributed by atoms with van der Waals surface area (Å²) >= 11 is 0. The van der Waals surface area contributed by atoms with Crippen LogP contribution in [0.4, 0.5) is 4.39 Å². The molecule has 1 aliphatic carbocycles. The maximum atomic E-state index is 13.7. The van der Waals surface area contributed by atoms with Gasteiger partial charge in [0.1, 0.15) is 22.9 Å². The van der Waals surface area contributed by atoms with Crippen LogP contribution in [0.5, 0.6) is 5.75 Å². The van der Waals surface area contributed by atoms with Crippen molar-refractivity contribution in [2.75, 3.05) is 0 Å². The number of imidazole rings is 1. The number of phenols is 1. The van der Waals surface area contributed by atoms with Gasteiger partial charge in [-0.25, -0.2) is 9.37 Å². The Hall–Kier alpha value is -2.89. The number of para-hydroxylation sites is 1. The molecule has 2 aromatic carbocycles. The summed E-state index contributed by atoms with van der Waals surface area (Å²) in [7, 11) is 0. The van der Waals surface area contributed by atoms with E-state index in [2.05, 4.69) is 15.3 Å². The quantitative estimate of drug-likeness (QED) is 0.623. The fourth-order valence-corrected chi connectivity index (χ4v) is 4.04. The zero-order valence-corrected chi connectivity index (χ0v) is 15.6. The summed E-state index contributed by atoms with van der Waals surface area (Å²) in [4.78, 5) is 20.2. The fourth-order valence-electron chi connectivity index (χ4n) is 4.04. The Labute approximate surface area is 163 Å². The van der Waals surface area contributed by atoms with Crippen LogP contribution in [0.2, 0.25) is 0 Å². The number of nitrogens with one attached hydrogen (secondary N) is 2. The van der Waals surface area contributed by atoms with Gasteiger partial charge in [0.05, 0.1) is 5.52 Å². The third kappa shape index (κ3) is 4.01. The zero-order chi connectivity index (χ0) is 19.5. The van der Waals surface area contributed by atoms with Crippen LogP contribution >= 0.6 is 0 Å². The molecule has 3 N–H and O–H groups in total. The number of aromatic amines is 1. The number of aromatic hydroxyl groups is 1. The first-order chi connectivity index (χ1) is 13.6. The average Bonchev–Trinajstić information content (AvgIpc) is 3.12. The lowest BCUT2D eigenvalue weighted by Crippen LogP contribution is -2.33. The number of H-pyrrole nitrogens is 1. The van der Waals surface area contributed by atoms with Gasteiger partial charge in [-0.05, 0) is 49.8 Å². The van der Waals surface area contributed by atoms with Crippen molar-refractivity contribution in [3.8, 4) is 5.75 Å². The van der Waals surface area contributed by atoms with Gasteiger partial charge in [-0.1, -0.05) is 24.3 Å². The molecule has 1 heterocycles. The van der Waals surface area contributed by atoms with Crippen molar-refractivity contribution in [1.29, 1.82) is 0 Å². The second-order valence-electron chi connectivity index (χ2n) is 7.59. The monoisotopic (exact) mass is 381 g/mol. The third-order valence-corrected chi connectivity index (χ3v) is 5.65. The average molecular weight is 381 g/mol. The number of hydrogen-bond donors (Lipinski definition) is 3. The van der Waals surface area contributed by atoms with E-state index < -0.39 is 0 Å². The van der Waals surface area contributed by atoms with Gasteiger partial charge in [-0.3, -0.25) is 4.79 Å². The van der Waals surface area contributed by atoms with Gasteiger partial charge in [-0.15, -0.1) is 0 Å². The van der Waals surface area contributed by atoms with E-state index in [1.54, 1.807) is 30.3 Å². The second kappa shape index (κ2) is 8.00. The summed E-state index contributed by atoms with van der Waals surface area (Å²) in [6.07, 6.45) is 4.40. The Bertz CT molecular complexity index is 977. The molecule has 0 spiro atoms. The standard InChI is InChI=1S/C22H24FN3O2/c23-17-5-2-1-4-16(17)13-24-22(28)15-10-8-14(9-11-15)12-20-25-18-6-3-7-19(27)21(18)26-20/h1-7,14-15,27H,8-13H2,(H,24,28)(H,25,26). The smallest absolute Gasteiger partial charge is 0.223 e. The predicted molar refractivity (Wildman–Crippen MR) is 105 cm³/mol. The molecule has 3 aromatic rings. The molecule has 1 amide bonds. The number of carbonyl (C=O) groups is 1. The van der Waals surface area contributed by atoms with Crippen LogP contribution < -0.4 is 5.32 Å². The predicted octanol–water partition coefficient (Wildman–Crippen LogP) is 4.07. The van der Waals surface area contributed by atoms with Crippen molar-refractivity contribution in [1.82, 2.24) is 15.3 Å². The molecular weight excluding hydrogens is 357 g/mol. The van der Waals surface area contributed by atoms with E-state index in [0.717, 1.165) is 43.4 Å². The Kier molecular flexibility index (Phi) is 5.28. The number of carbonyl (C=O) groups excluding carboxylic acids is 1. The minimum Gasteiger partial charge on any atom is -0.506 e. The lowest BCUT2D eigenvalue weighted by molar-refractivity contribution is -0.126. The number of halogens is 1. The molecule has 0 saturated heterocycles. The van der Waals surface area contributed by atoms with Gasteiger partial charge in [0.2, 0.25) is 5.91 Å². The van der Waals surface area contributed by atoms with Crippen molar-refractivity contribution >= 4 is 16.9 Å². The molecule has 0 aliphatic heterocycles.